The van der Waals surface area contributed by atoms with Crippen LogP contribution in [0, 0.1) is 5.41 Å². The molecular formula is C7H10N2O2. The van der Waals surface area contributed by atoms with Gasteiger partial charge in [-0.05, 0) is 0 Å². The molecule has 0 aromatic heterocycles. The predicted octanol–water partition coefficient (Wildman–Crippen LogP) is 1.36. The van der Waals surface area contributed by atoms with E-state index in [4.69, 9.17) is 14.9 Å². The van der Waals surface area contributed by atoms with Crippen molar-refractivity contribution in [1.29, 1.82) is 5.41 Å². The van der Waals surface area contributed by atoms with Crippen molar-refractivity contribution < 1.29 is 9.47 Å². The molecule has 4 nitrogen and oxygen atoms in total. The van der Waals surface area contributed by atoms with E-state index in [-0.39, 0.29) is 0 Å². The molecule has 0 saturated carbocycles. The molecule has 0 aromatic carbocycles. The van der Waals surface area contributed by atoms with E-state index < -0.39 is 5.79 Å². The minimum Gasteiger partial charge on any atom is -0.457 e. The maximum Gasteiger partial charge on any atom is 0.244 e. The van der Waals surface area contributed by atoms with E-state index in [0.29, 0.717) is 12.3 Å². The van der Waals surface area contributed by atoms with E-state index >= 15 is 0 Å². The Balaban J connectivity index is 2.46. The highest BCUT2D eigenvalue weighted by Crippen LogP contribution is 2.23. The van der Waals surface area contributed by atoms with Crippen LogP contribution in [0.15, 0.2) is 17.0 Å². The molecular weight excluding hydrogens is 144 g/mol. The van der Waals surface area contributed by atoms with Crippen LogP contribution in [0.1, 0.15) is 13.8 Å². The third-order valence-electron chi connectivity index (χ3n) is 1.17. The smallest absolute Gasteiger partial charge is 0.244 e. The van der Waals surface area contributed by atoms with Crippen molar-refractivity contribution in [2.75, 3.05) is 6.54 Å². The van der Waals surface area contributed by atoms with Crippen LogP contribution < -0.4 is 0 Å². The van der Waals surface area contributed by atoms with Gasteiger partial charge in [0.2, 0.25) is 5.79 Å². The Hall–Kier alpha value is -1.28. The Morgan fingerprint density at radius 2 is 2.45 bits per heavy atom. The zero-order valence-electron chi connectivity index (χ0n) is 6.55. The van der Waals surface area contributed by atoms with Gasteiger partial charge < -0.3 is 9.47 Å². The first-order chi connectivity index (χ1) is 5.14. The van der Waals surface area contributed by atoms with E-state index in [0.717, 1.165) is 0 Å². The monoisotopic (exact) mass is 154 g/mol. The first-order valence-electron chi connectivity index (χ1n) is 3.28. The average molecular weight is 154 g/mol. The molecule has 1 N–H and O–H groups in total. The molecule has 0 unspecified atom stereocenters. The molecule has 0 amide bonds. The van der Waals surface area contributed by atoms with Crippen molar-refractivity contribution in [3.63, 3.8) is 0 Å². The number of hydrogen-bond acceptors (Lipinski definition) is 4. The van der Waals surface area contributed by atoms with E-state index in [1.165, 1.54) is 6.26 Å². The minimum absolute atomic E-state index is 0.326. The highest BCUT2D eigenvalue weighted by Gasteiger charge is 2.26. The average Bonchev–Trinajstić information content (AvgIpc) is 2.26. The van der Waals surface area contributed by atoms with Crippen molar-refractivity contribution in [1.82, 2.24) is 0 Å². The van der Waals surface area contributed by atoms with Crippen molar-refractivity contribution in [2.24, 2.45) is 4.99 Å². The van der Waals surface area contributed by atoms with E-state index in [1.807, 2.05) is 19.9 Å². The molecule has 0 aromatic rings. The summed E-state index contributed by atoms with van der Waals surface area (Å²) in [6.45, 7) is 3.95. The summed E-state index contributed by atoms with van der Waals surface area (Å²) in [6, 6.07) is 1.92. The van der Waals surface area contributed by atoms with Crippen LogP contribution in [0.4, 0.5) is 0 Å². The van der Waals surface area contributed by atoms with Gasteiger partial charge in [0.05, 0.1) is 6.01 Å². The number of rotatable bonds is 2. The van der Waals surface area contributed by atoms with Crippen molar-refractivity contribution in [3.8, 4) is 0 Å². The quantitative estimate of drug-likeness (QED) is 0.610. The van der Waals surface area contributed by atoms with Crippen LogP contribution in [0.2, 0.25) is 0 Å². The third kappa shape index (κ3) is 2.09. The summed E-state index contributed by atoms with van der Waals surface area (Å²) in [6.07, 6.45) is 1.51. The van der Waals surface area contributed by atoms with Gasteiger partial charge >= 0.3 is 0 Å². The summed E-state index contributed by atoms with van der Waals surface area (Å²) in [7, 11) is 0. The molecule has 0 aliphatic carbocycles. The number of aliphatic imine (C=N–C) groups is 1. The lowest BCUT2D eigenvalue weighted by Gasteiger charge is -2.17. The van der Waals surface area contributed by atoms with E-state index in [2.05, 4.69) is 4.99 Å². The normalized spacial score (nSPS) is 19.3. The first-order valence-corrected chi connectivity index (χ1v) is 3.28. The molecule has 11 heavy (non-hydrogen) atoms. The van der Waals surface area contributed by atoms with Gasteiger partial charge in [-0.1, -0.05) is 0 Å². The van der Waals surface area contributed by atoms with Crippen LogP contribution in [0.25, 0.3) is 0 Å². The largest absolute Gasteiger partial charge is 0.457 e. The van der Waals surface area contributed by atoms with Crippen LogP contribution >= 0.6 is 0 Å². The Kier molecular flexibility index (Phi) is 1.96. The lowest BCUT2D eigenvalue weighted by molar-refractivity contribution is -0.116. The van der Waals surface area contributed by atoms with Gasteiger partial charge in [0.1, 0.15) is 12.8 Å². The Morgan fingerprint density at radius 3 is 2.91 bits per heavy atom. The molecule has 4 heteroatoms. The fourth-order valence-corrected chi connectivity index (χ4v) is 0.758. The molecule has 1 heterocycles. The Morgan fingerprint density at radius 1 is 1.73 bits per heavy atom. The van der Waals surface area contributed by atoms with Crippen LogP contribution in [-0.4, -0.2) is 18.3 Å². The lowest BCUT2D eigenvalue weighted by Crippen LogP contribution is -2.20. The number of hydrogen-bond donors (Lipinski definition) is 1. The van der Waals surface area contributed by atoms with Gasteiger partial charge in [0.25, 0.3) is 0 Å². The molecule has 0 radical (unpaired) electrons. The zero-order valence-corrected chi connectivity index (χ0v) is 6.55. The molecule has 1 rings (SSSR count). The van der Waals surface area contributed by atoms with Crippen LogP contribution in [-0.2, 0) is 9.47 Å². The summed E-state index contributed by atoms with van der Waals surface area (Å²) in [4.78, 5) is 3.56. The molecule has 0 fully saturated rings. The SMILES string of the molecule is CC1(C)OC=C(CN=C=N)O1. The van der Waals surface area contributed by atoms with Gasteiger partial charge in [0.15, 0.2) is 5.76 Å². The molecule has 0 saturated heterocycles. The molecule has 0 atom stereocenters. The van der Waals surface area contributed by atoms with E-state index in [9.17, 15) is 0 Å². The third-order valence-corrected chi connectivity index (χ3v) is 1.17. The zero-order chi connectivity index (χ0) is 8.32. The standard InChI is InChI=1S/C7H10N2O2/c1-7(2)10-4-6(11-7)3-9-5-8/h4,8H,3H2,1-2H3. The highest BCUT2D eigenvalue weighted by molar-refractivity contribution is 5.36. The highest BCUT2D eigenvalue weighted by atomic mass is 16.7. The Bertz CT molecular complexity index is 227. The van der Waals surface area contributed by atoms with Crippen molar-refractivity contribution in [2.45, 2.75) is 19.6 Å². The first kappa shape index (κ1) is 7.82. The van der Waals surface area contributed by atoms with Crippen LogP contribution in [0.5, 0.6) is 0 Å². The lowest BCUT2D eigenvalue weighted by atomic mass is 10.4. The van der Waals surface area contributed by atoms with Gasteiger partial charge in [-0.15, -0.1) is 0 Å². The topological polar surface area (TPSA) is 54.7 Å². The summed E-state index contributed by atoms with van der Waals surface area (Å²) in [5, 5.41) is 6.53. The Labute approximate surface area is 65.0 Å². The second-order valence-corrected chi connectivity index (χ2v) is 2.63. The second kappa shape index (κ2) is 2.76. The van der Waals surface area contributed by atoms with Crippen molar-refractivity contribution >= 4 is 6.01 Å². The number of nitrogens with one attached hydrogen (secondary N) is 1. The molecule has 1 aliphatic rings. The summed E-state index contributed by atoms with van der Waals surface area (Å²) < 4.78 is 10.4. The predicted molar refractivity (Wildman–Crippen MR) is 39.4 cm³/mol. The van der Waals surface area contributed by atoms with Crippen molar-refractivity contribution in [3.05, 3.63) is 12.0 Å². The minimum atomic E-state index is -0.577. The van der Waals surface area contributed by atoms with Gasteiger partial charge in [-0.2, -0.15) is 0 Å². The summed E-state index contributed by atoms with van der Waals surface area (Å²) in [5.41, 5.74) is 0. The molecule has 0 spiro atoms. The summed E-state index contributed by atoms with van der Waals surface area (Å²) in [5.74, 6) is 0.0575. The van der Waals surface area contributed by atoms with Crippen LogP contribution in [0.3, 0.4) is 0 Å². The fourth-order valence-electron chi connectivity index (χ4n) is 0.758. The second-order valence-electron chi connectivity index (χ2n) is 2.63. The molecule has 1 aliphatic heterocycles. The maximum absolute atomic E-state index is 6.53. The van der Waals surface area contributed by atoms with E-state index in [1.54, 1.807) is 0 Å². The number of ether oxygens (including phenoxy) is 2. The van der Waals surface area contributed by atoms with Gasteiger partial charge in [-0.25, -0.2) is 10.4 Å². The molecule has 0 bridgehead atoms. The summed E-state index contributed by atoms with van der Waals surface area (Å²) >= 11 is 0. The maximum atomic E-state index is 6.53. The van der Waals surface area contributed by atoms with Gasteiger partial charge in [0, 0.05) is 13.8 Å². The fraction of sp³-hybridized carbons (Fsp3) is 0.571. The number of nitrogens with zero attached hydrogens (tertiary/aromatic N) is 1. The van der Waals surface area contributed by atoms with Gasteiger partial charge in [-0.3, -0.25) is 0 Å². The molecule has 60 valence electrons.